The van der Waals surface area contributed by atoms with Crippen molar-refractivity contribution >= 4 is 23.3 Å². The maximum Gasteiger partial charge on any atom is 0.265 e. The number of hydrogen-bond acceptors (Lipinski definition) is 5. The van der Waals surface area contributed by atoms with Crippen molar-refractivity contribution in [3.8, 4) is 0 Å². The molecule has 0 saturated carbocycles. The lowest BCUT2D eigenvalue weighted by atomic mass is 10.1. The van der Waals surface area contributed by atoms with Gasteiger partial charge in [0.15, 0.2) is 0 Å². The van der Waals surface area contributed by atoms with Gasteiger partial charge in [-0.05, 0) is 35.5 Å². The summed E-state index contributed by atoms with van der Waals surface area (Å²) < 4.78 is 3.85. The lowest BCUT2D eigenvalue weighted by Crippen LogP contribution is -2.26. The molecule has 1 aromatic carbocycles. The van der Waals surface area contributed by atoms with Crippen LogP contribution in [-0.2, 0) is 24.3 Å². The first-order chi connectivity index (χ1) is 11.7. The molecule has 1 aliphatic heterocycles. The second-order valence-electron chi connectivity index (χ2n) is 5.77. The summed E-state index contributed by atoms with van der Waals surface area (Å²) in [7, 11) is 0. The SMILES string of the molecule is CCc1nnsc1C(=O)NCc1ccccc1CN1CCCC1=O. The number of carbonyl (C=O) groups is 2. The van der Waals surface area contributed by atoms with Crippen LogP contribution in [0.1, 0.15) is 46.3 Å². The Morgan fingerprint density at radius 1 is 1.33 bits per heavy atom. The zero-order valence-corrected chi connectivity index (χ0v) is 14.4. The molecule has 3 rings (SSSR count). The van der Waals surface area contributed by atoms with E-state index in [0.717, 1.165) is 41.3 Å². The summed E-state index contributed by atoms with van der Waals surface area (Å²) in [5.74, 6) is 0.0612. The quantitative estimate of drug-likeness (QED) is 0.871. The van der Waals surface area contributed by atoms with Crippen molar-refractivity contribution in [1.29, 1.82) is 0 Å². The molecule has 2 amide bonds. The van der Waals surface area contributed by atoms with Crippen LogP contribution in [0.15, 0.2) is 24.3 Å². The van der Waals surface area contributed by atoms with Gasteiger partial charge in [0.25, 0.3) is 5.91 Å². The van der Waals surface area contributed by atoms with Crippen molar-refractivity contribution in [3.63, 3.8) is 0 Å². The molecule has 0 spiro atoms. The Labute approximate surface area is 145 Å². The summed E-state index contributed by atoms with van der Waals surface area (Å²) in [5, 5.41) is 6.91. The van der Waals surface area contributed by atoms with E-state index in [1.807, 2.05) is 36.1 Å². The molecule has 126 valence electrons. The summed E-state index contributed by atoms with van der Waals surface area (Å²) in [5.41, 5.74) is 2.83. The normalized spacial score (nSPS) is 14.2. The van der Waals surface area contributed by atoms with Crippen LogP contribution >= 0.6 is 11.5 Å². The Bertz CT molecular complexity index is 744. The van der Waals surface area contributed by atoms with Gasteiger partial charge < -0.3 is 10.2 Å². The summed E-state index contributed by atoms with van der Waals surface area (Å²) >= 11 is 1.12. The van der Waals surface area contributed by atoms with Gasteiger partial charge in [0, 0.05) is 26.1 Å². The minimum Gasteiger partial charge on any atom is -0.347 e. The number of amides is 2. The maximum atomic E-state index is 12.3. The standard InChI is InChI=1S/C17H20N4O2S/c1-2-14-16(24-20-19-14)17(23)18-10-12-6-3-4-7-13(12)11-21-9-5-8-15(21)22/h3-4,6-7H,2,5,8-11H2,1H3,(H,18,23). The molecule has 1 aromatic heterocycles. The third-order valence-electron chi connectivity index (χ3n) is 4.19. The summed E-state index contributed by atoms with van der Waals surface area (Å²) in [6, 6.07) is 7.91. The number of nitrogens with zero attached hydrogens (tertiary/aromatic N) is 3. The zero-order valence-electron chi connectivity index (χ0n) is 13.6. The molecule has 2 aromatic rings. The Kier molecular flexibility index (Phi) is 5.20. The average Bonchev–Trinajstić information content (AvgIpc) is 3.23. The number of benzene rings is 1. The molecule has 2 heterocycles. The van der Waals surface area contributed by atoms with Crippen molar-refractivity contribution in [2.24, 2.45) is 0 Å². The molecule has 24 heavy (non-hydrogen) atoms. The van der Waals surface area contributed by atoms with Crippen LogP contribution < -0.4 is 5.32 Å². The van der Waals surface area contributed by atoms with E-state index in [4.69, 9.17) is 0 Å². The highest BCUT2D eigenvalue weighted by atomic mass is 32.1. The first kappa shape index (κ1) is 16.6. The largest absolute Gasteiger partial charge is 0.347 e. The highest BCUT2D eigenvalue weighted by Gasteiger charge is 2.21. The van der Waals surface area contributed by atoms with E-state index in [0.29, 0.717) is 30.8 Å². The topological polar surface area (TPSA) is 75.2 Å². The summed E-state index contributed by atoms with van der Waals surface area (Å²) in [6.07, 6.45) is 2.25. The van der Waals surface area contributed by atoms with Crippen LogP contribution in [0.2, 0.25) is 0 Å². The second-order valence-corrected chi connectivity index (χ2v) is 6.53. The summed E-state index contributed by atoms with van der Waals surface area (Å²) in [4.78, 5) is 26.6. The fourth-order valence-electron chi connectivity index (χ4n) is 2.83. The number of nitrogens with one attached hydrogen (secondary N) is 1. The predicted molar refractivity (Wildman–Crippen MR) is 91.6 cm³/mol. The van der Waals surface area contributed by atoms with E-state index in [1.165, 1.54) is 0 Å². The highest BCUT2D eigenvalue weighted by Crippen LogP contribution is 2.18. The molecule has 1 aliphatic rings. The summed E-state index contributed by atoms with van der Waals surface area (Å²) in [6.45, 7) is 3.80. The molecule has 0 radical (unpaired) electrons. The van der Waals surface area contributed by atoms with Gasteiger partial charge in [0.1, 0.15) is 4.88 Å². The zero-order chi connectivity index (χ0) is 16.9. The van der Waals surface area contributed by atoms with E-state index >= 15 is 0 Å². The van der Waals surface area contributed by atoms with Crippen molar-refractivity contribution in [2.75, 3.05) is 6.54 Å². The molecule has 1 saturated heterocycles. The number of aryl methyl sites for hydroxylation is 1. The minimum absolute atomic E-state index is 0.145. The van der Waals surface area contributed by atoms with Crippen molar-refractivity contribution in [1.82, 2.24) is 19.8 Å². The van der Waals surface area contributed by atoms with Gasteiger partial charge >= 0.3 is 0 Å². The van der Waals surface area contributed by atoms with E-state index in [2.05, 4.69) is 14.9 Å². The Morgan fingerprint density at radius 3 is 2.83 bits per heavy atom. The van der Waals surface area contributed by atoms with Gasteiger partial charge in [-0.1, -0.05) is 35.7 Å². The van der Waals surface area contributed by atoms with Gasteiger partial charge in [0.2, 0.25) is 5.91 Å². The number of likely N-dealkylation sites (tertiary alicyclic amines) is 1. The van der Waals surface area contributed by atoms with Crippen LogP contribution in [0.5, 0.6) is 0 Å². The van der Waals surface area contributed by atoms with Crippen molar-refractivity contribution in [3.05, 3.63) is 46.0 Å². The van der Waals surface area contributed by atoms with E-state index in [1.54, 1.807) is 0 Å². The molecular weight excluding hydrogens is 324 g/mol. The molecule has 0 unspecified atom stereocenters. The number of rotatable bonds is 6. The van der Waals surface area contributed by atoms with Gasteiger partial charge in [0.05, 0.1) is 5.69 Å². The van der Waals surface area contributed by atoms with Crippen LogP contribution in [0.4, 0.5) is 0 Å². The van der Waals surface area contributed by atoms with Gasteiger partial charge in [-0.25, -0.2) is 0 Å². The van der Waals surface area contributed by atoms with Crippen LogP contribution in [0.3, 0.4) is 0 Å². The molecule has 0 atom stereocenters. The van der Waals surface area contributed by atoms with Crippen LogP contribution in [-0.4, -0.2) is 32.8 Å². The fourth-order valence-corrected chi connectivity index (χ4v) is 3.50. The molecule has 0 bridgehead atoms. The minimum atomic E-state index is -0.145. The highest BCUT2D eigenvalue weighted by molar-refractivity contribution is 7.08. The van der Waals surface area contributed by atoms with Gasteiger partial charge in [-0.3, -0.25) is 9.59 Å². The number of carbonyl (C=O) groups excluding carboxylic acids is 2. The fraction of sp³-hybridized carbons (Fsp3) is 0.412. The number of aromatic nitrogens is 2. The van der Waals surface area contributed by atoms with Gasteiger partial charge in [-0.2, -0.15) is 0 Å². The predicted octanol–water partition coefficient (Wildman–Crippen LogP) is 2.15. The maximum absolute atomic E-state index is 12.3. The Morgan fingerprint density at radius 2 is 2.12 bits per heavy atom. The van der Waals surface area contributed by atoms with Crippen LogP contribution in [0, 0.1) is 0 Å². The van der Waals surface area contributed by atoms with E-state index in [9.17, 15) is 9.59 Å². The lowest BCUT2D eigenvalue weighted by Gasteiger charge is -2.18. The first-order valence-electron chi connectivity index (χ1n) is 8.13. The average molecular weight is 344 g/mol. The smallest absolute Gasteiger partial charge is 0.265 e. The van der Waals surface area contributed by atoms with Crippen molar-refractivity contribution < 1.29 is 9.59 Å². The third kappa shape index (κ3) is 3.62. The monoisotopic (exact) mass is 344 g/mol. The second kappa shape index (κ2) is 7.53. The molecule has 7 heteroatoms. The Balaban J connectivity index is 1.67. The van der Waals surface area contributed by atoms with E-state index < -0.39 is 0 Å². The third-order valence-corrected chi connectivity index (χ3v) is 4.95. The van der Waals surface area contributed by atoms with Crippen molar-refractivity contribution in [2.45, 2.75) is 39.3 Å². The van der Waals surface area contributed by atoms with Gasteiger partial charge in [-0.15, -0.1) is 5.10 Å². The molecule has 1 N–H and O–H groups in total. The Hall–Kier alpha value is -2.28. The van der Waals surface area contributed by atoms with E-state index in [-0.39, 0.29) is 11.8 Å². The lowest BCUT2D eigenvalue weighted by molar-refractivity contribution is -0.128. The molecular formula is C17H20N4O2S. The molecule has 0 aliphatic carbocycles. The van der Waals surface area contributed by atoms with Crippen LogP contribution in [0.25, 0.3) is 0 Å². The molecule has 1 fully saturated rings. The number of hydrogen-bond donors (Lipinski definition) is 1. The first-order valence-corrected chi connectivity index (χ1v) is 8.90. The molecule has 6 nitrogen and oxygen atoms in total.